The summed E-state index contributed by atoms with van der Waals surface area (Å²) in [7, 11) is 0. The molecule has 1 heterocycles. The predicted octanol–water partition coefficient (Wildman–Crippen LogP) is 3.75. The van der Waals surface area contributed by atoms with E-state index in [0.717, 1.165) is 16.5 Å². The van der Waals surface area contributed by atoms with Gasteiger partial charge in [0.1, 0.15) is 11.6 Å². The number of ketones is 1. The van der Waals surface area contributed by atoms with Crippen LogP contribution in [0.4, 0.5) is 4.39 Å². The molecule has 2 aromatic carbocycles. The Balaban J connectivity index is 2.10. The molecule has 0 radical (unpaired) electrons. The van der Waals surface area contributed by atoms with E-state index in [1.807, 2.05) is 6.07 Å². The second-order valence-electron chi connectivity index (χ2n) is 4.38. The summed E-state index contributed by atoms with van der Waals surface area (Å²) >= 11 is 3.39. The van der Waals surface area contributed by atoms with Crippen molar-refractivity contribution in [2.75, 3.05) is 6.61 Å². The van der Waals surface area contributed by atoms with E-state index in [9.17, 15) is 9.18 Å². The third-order valence-electron chi connectivity index (χ3n) is 3.08. The maximum atomic E-state index is 13.2. The molecule has 0 fully saturated rings. The Morgan fingerprint density at radius 3 is 2.89 bits per heavy atom. The highest BCUT2D eigenvalue weighted by Crippen LogP contribution is 2.34. The summed E-state index contributed by atoms with van der Waals surface area (Å²) in [5.74, 6) is -0.0187. The number of hydrogen-bond donors (Lipinski definition) is 0. The lowest BCUT2D eigenvalue weighted by Crippen LogP contribution is -2.04. The van der Waals surface area contributed by atoms with Gasteiger partial charge < -0.3 is 4.74 Å². The fraction of sp³-hybridized carbons (Fsp3) is 0.133. The molecule has 2 nitrogen and oxygen atoms in total. The van der Waals surface area contributed by atoms with Gasteiger partial charge in [-0.05, 0) is 29.8 Å². The number of halogens is 2. The van der Waals surface area contributed by atoms with E-state index in [1.165, 1.54) is 18.2 Å². The monoisotopic (exact) mass is 320 g/mol. The van der Waals surface area contributed by atoms with Crippen molar-refractivity contribution in [1.29, 1.82) is 0 Å². The Hall–Kier alpha value is -1.68. The summed E-state index contributed by atoms with van der Waals surface area (Å²) in [6.45, 7) is 0.579. The van der Waals surface area contributed by atoms with E-state index >= 15 is 0 Å². The maximum absolute atomic E-state index is 13.2. The molecule has 0 saturated carbocycles. The van der Waals surface area contributed by atoms with Gasteiger partial charge in [0.25, 0.3) is 0 Å². The van der Waals surface area contributed by atoms with Crippen LogP contribution in [0, 0.1) is 5.82 Å². The molecule has 0 spiro atoms. The Morgan fingerprint density at radius 2 is 2.11 bits per heavy atom. The van der Waals surface area contributed by atoms with Crippen molar-refractivity contribution < 1.29 is 13.9 Å². The number of benzene rings is 2. The predicted molar refractivity (Wildman–Crippen MR) is 73.2 cm³/mol. The molecule has 19 heavy (non-hydrogen) atoms. The lowest BCUT2D eigenvalue weighted by Gasteiger charge is -2.08. The highest BCUT2D eigenvalue weighted by atomic mass is 79.9. The van der Waals surface area contributed by atoms with Crippen LogP contribution in [0.2, 0.25) is 0 Å². The van der Waals surface area contributed by atoms with Gasteiger partial charge in [-0.15, -0.1) is 0 Å². The van der Waals surface area contributed by atoms with Crippen LogP contribution < -0.4 is 4.74 Å². The van der Waals surface area contributed by atoms with Gasteiger partial charge in [0.15, 0.2) is 5.78 Å². The zero-order valence-electron chi connectivity index (χ0n) is 9.95. The smallest absolute Gasteiger partial charge is 0.196 e. The van der Waals surface area contributed by atoms with Crippen LogP contribution in [-0.2, 0) is 6.42 Å². The van der Waals surface area contributed by atoms with Crippen LogP contribution in [0.15, 0.2) is 40.9 Å². The third-order valence-corrected chi connectivity index (χ3v) is 3.54. The number of carbonyl (C=O) groups is 1. The molecule has 0 amide bonds. The number of ether oxygens (including phenoxy) is 1. The lowest BCUT2D eigenvalue weighted by molar-refractivity contribution is 0.103. The number of hydrogen-bond acceptors (Lipinski definition) is 2. The zero-order valence-corrected chi connectivity index (χ0v) is 11.5. The van der Waals surface area contributed by atoms with Gasteiger partial charge in [0.2, 0.25) is 0 Å². The molecule has 2 aromatic rings. The fourth-order valence-corrected chi connectivity index (χ4v) is 2.73. The molecule has 0 unspecified atom stereocenters. The normalized spacial score (nSPS) is 12.9. The van der Waals surface area contributed by atoms with E-state index in [2.05, 4.69) is 15.9 Å². The van der Waals surface area contributed by atoms with Crippen LogP contribution in [0.1, 0.15) is 21.5 Å². The SMILES string of the molecule is O=C(c1cccc(F)c1)c1cc(Br)cc2c1OCC2. The van der Waals surface area contributed by atoms with Crippen molar-refractivity contribution in [2.45, 2.75) is 6.42 Å². The molecule has 0 atom stereocenters. The Morgan fingerprint density at radius 1 is 1.26 bits per heavy atom. The van der Waals surface area contributed by atoms with Crippen LogP contribution in [0.3, 0.4) is 0 Å². The van der Waals surface area contributed by atoms with Crippen molar-refractivity contribution in [2.24, 2.45) is 0 Å². The molecule has 96 valence electrons. The van der Waals surface area contributed by atoms with E-state index < -0.39 is 5.82 Å². The van der Waals surface area contributed by atoms with E-state index in [4.69, 9.17) is 4.74 Å². The van der Waals surface area contributed by atoms with Gasteiger partial charge in [0.05, 0.1) is 12.2 Å². The van der Waals surface area contributed by atoms with Gasteiger partial charge in [-0.25, -0.2) is 4.39 Å². The lowest BCUT2D eigenvalue weighted by atomic mass is 10.00. The molecule has 0 saturated heterocycles. The Labute approximate surface area is 118 Å². The van der Waals surface area contributed by atoms with Crippen molar-refractivity contribution in [3.05, 3.63) is 63.4 Å². The Bertz CT molecular complexity index is 667. The molecule has 0 N–H and O–H groups in total. The van der Waals surface area contributed by atoms with Crippen molar-refractivity contribution in [3.63, 3.8) is 0 Å². The number of rotatable bonds is 2. The maximum Gasteiger partial charge on any atom is 0.196 e. The first-order valence-corrected chi connectivity index (χ1v) is 6.70. The second-order valence-corrected chi connectivity index (χ2v) is 5.30. The fourth-order valence-electron chi connectivity index (χ4n) is 2.22. The van der Waals surface area contributed by atoms with E-state index in [1.54, 1.807) is 12.1 Å². The van der Waals surface area contributed by atoms with Crippen molar-refractivity contribution >= 4 is 21.7 Å². The largest absolute Gasteiger partial charge is 0.492 e. The molecule has 0 bridgehead atoms. The van der Waals surface area contributed by atoms with Gasteiger partial charge in [-0.1, -0.05) is 28.1 Å². The zero-order chi connectivity index (χ0) is 13.4. The van der Waals surface area contributed by atoms with Crippen LogP contribution in [-0.4, -0.2) is 12.4 Å². The van der Waals surface area contributed by atoms with Crippen molar-refractivity contribution in [3.8, 4) is 5.75 Å². The van der Waals surface area contributed by atoms with Gasteiger partial charge in [-0.2, -0.15) is 0 Å². The van der Waals surface area contributed by atoms with Gasteiger partial charge in [0, 0.05) is 16.5 Å². The standard InChI is InChI=1S/C15H10BrFO2/c16-11-6-10-4-5-19-15(10)13(8-11)14(18)9-2-1-3-12(17)7-9/h1-3,6-8H,4-5H2. The Kier molecular flexibility index (Phi) is 3.11. The first kappa shape index (κ1) is 12.4. The summed E-state index contributed by atoms with van der Waals surface area (Å²) in [6, 6.07) is 9.36. The number of carbonyl (C=O) groups excluding carboxylic acids is 1. The first-order valence-electron chi connectivity index (χ1n) is 5.90. The topological polar surface area (TPSA) is 26.3 Å². The quantitative estimate of drug-likeness (QED) is 0.788. The number of fused-ring (bicyclic) bond motifs is 1. The first-order chi connectivity index (χ1) is 9.15. The molecule has 3 rings (SSSR count). The summed E-state index contributed by atoms with van der Waals surface area (Å²) in [6.07, 6.45) is 0.790. The minimum absolute atomic E-state index is 0.223. The minimum Gasteiger partial charge on any atom is -0.492 e. The minimum atomic E-state index is -0.418. The van der Waals surface area contributed by atoms with Crippen molar-refractivity contribution in [1.82, 2.24) is 0 Å². The van der Waals surface area contributed by atoms with Crippen LogP contribution in [0.25, 0.3) is 0 Å². The van der Waals surface area contributed by atoms with Gasteiger partial charge >= 0.3 is 0 Å². The van der Waals surface area contributed by atoms with Crippen LogP contribution >= 0.6 is 15.9 Å². The summed E-state index contributed by atoms with van der Waals surface area (Å²) in [4.78, 5) is 12.4. The molecular formula is C15H10BrFO2. The van der Waals surface area contributed by atoms with E-state index in [-0.39, 0.29) is 5.78 Å². The molecule has 1 aliphatic rings. The van der Waals surface area contributed by atoms with E-state index in [0.29, 0.717) is 23.5 Å². The highest BCUT2D eigenvalue weighted by Gasteiger charge is 2.22. The summed E-state index contributed by atoms with van der Waals surface area (Å²) in [5.41, 5.74) is 1.82. The van der Waals surface area contributed by atoms with Crippen LogP contribution in [0.5, 0.6) is 5.75 Å². The third kappa shape index (κ3) is 2.28. The van der Waals surface area contributed by atoms with Gasteiger partial charge in [-0.3, -0.25) is 4.79 Å². The second kappa shape index (κ2) is 4.78. The average molecular weight is 321 g/mol. The molecule has 1 aliphatic heterocycles. The molecule has 4 heteroatoms. The average Bonchev–Trinajstić information content (AvgIpc) is 2.85. The highest BCUT2D eigenvalue weighted by molar-refractivity contribution is 9.10. The summed E-state index contributed by atoms with van der Waals surface area (Å²) < 4.78 is 19.6. The molecular weight excluding hydrogens is 311 g/mol. The summed E-state index contributed by atoms with van der Waals surface area (Å²) in [5, 5.41) is 0. The molecule has 0 aliphatic carbocycles. The molecule has 0 aromatic heterocycles.